The minimum atomic E-state index is -0.00733. The van der Waals surface area contributed by atoms with Crippen molar-refractivity contribution in [2.24, 2.45) is 5.92 Å². The summed E-state index contributed by atoms with van der Waals surface area (Å²) in [6.45, 7) is 1.31. The molecule has 21 heavy (non-hydrogen) atoms. The van der Waals surface area contributed by atoms with E-state index in [-0.39, 0.29) is 18.3 Å². The summed E-state index contributed by atoms with van der Waals surface area (Å²) in [5.41, 5.74) is 3.62. The summed E-state index contributed by atoms with van der Waals surface area (Å²) in [4.78, 5) is 16.2. The predicted octanol–water partition coefficient (Wildman–Crippen LogP) is 3.17. The monoisotopic (exact) mass is 323 g/mol. The number of aromatic nitrogens is 1. The first-order valence-electron chi connectivity index (χ1n) is 6.82. The Hall–Kier alpha value is -1.43. The van der Waals surface area contributed by atoms with E-state index in [1.165, 1.54) is 24.2 Å². The van der Waals surface area contributed by atoms with Gasteiger partial charge >= 0.3 is 0 Å². The van der Waals surface area contributed by atoms with Crippen LogP contribution in [0, 0.1) is 5.92 Å². The maximum atomic E-state index is 11.9. The first-order chi connectivity index (χ1) is 9.83. The van der Waals surface area contributed by atoms with Crippen LogP contribution in [0.15, 0.2) is 35.8 Å². The largest absolute Gasteiger partial charge is 0.315 e. The lowest BCUT2D eigenvalue weighted by Crippen LogP contribution is -2.29. The number of benzene rings is 1. The molecule has 112 valence electrons. The van der Waals surface area contributed by atoms with E-state index in [1.807, 2.05) is 30.3 Å². The Labute approximate surface area is 134 Å². The molecule has 2 aromatic rings. The lowest BCUT2D eigenvalue weighted by atomic mass is 10.2. The van der Waals surface area contributed by atoms with Crippen LogP contribution >= 0.6 is 23.7 Å². The highest BCUT2D eigenvalue weighted by atomic mass is 35.5. The molecule has 0 unspecified atom stereocenters. The van der Waals surface area contributed by atoms with Crippen LogP contribution in [0.25, 0.3) is 11.3 Å². The van der Waals surface area contributed by atoms with E-state index < -0.39 is 0 Å². The molecule has 0 aliphatic heterocycles. The van der Waals surface area contributed by atoms with Crippen molar-refractivity contribution in [1.82, 2.24) is 10.3 Å². The SMILES string of the molecule is Cl.O=C(CNCC1CC1)Nc1scnc1-c1ccccc1. The van der Waals surface area contributed by atoms with Gasteiger partial charge in [-0.05, 0) is 25.3 Å². The van der Waals surface area contributed by atoms with E-state index in [9.17, 15) is 4.79 Å². The Morgan fingerprint density at radius 1 is 1.29 bits per heavy atom. The van der Waals surface area contributed by atoms with Crippen LogP contribution < -0.4 is 10.6 Å². The molecule has 1 aromatic heterocycles. The molecule has 4 nitrogen and oxygen atoms in total. The zero-order valence-corrected chi connectivity index (χ0v) is 13.2. The molecule has 0 bridgehead atoms. The van der Waals surface area contributed by atoms with E-state index in [1.54, 1.807) is 5.51 Å². The summed E-state index contributed by atoms with van der Waals surface area (Å²) in [5, 5.41) is 6.94. The van der Waals surface area contributed by atoms with Gasteiger partial charge < -0.3 is 10.6 Å². The van der Waals surface area contributed by atoms with Crippen molar-refractivity contribution in [2.75, 3.05) is 18.4 Å². The van der Waals surface area contributed by atoms with Gasteiger partial charge in [-0.2, -0.15) is 0 Å². The van der Waals surface area contributed by atoms with Crippen LogP contribution in [0.3, 0.4) is 0 Å². The molecule has 2 N–H and O–H groups in total. The van der Waals surface area contributed by atoms with Gasteiger partial charge in [-0.3, -0.25) is 4.79 Å². The average Bonchev–Trinajstić information content (AvgIpc) is 3.17. The van der Waals surface area contributed by atoms with Gasteiger partial charge in [0.25, 0.3) is 0 Å². The number of amides is 1. The summed E-state index contributed by atoms with van der Waals surface area (Å²) >= 11 is 1.45. The van der Waals surface area contributed by atoms with Crippen LogP contribution in [0.1, 0.15) is 12.8 Å². The third kappa shape index (κ3) is 4.52. The number of carbonyl (C=O) groups excluding carboxylic acids is 1. The number of halogens is 1. The topological polar surface area (TPSA) is 54.0 Å². The van der Waals surface area contributed by atoms with Crippen LogP contribution in [-0.4, -0.2) is 24.0 Å². The number of thiazole rings is 1. The molecule has 3 rings (SSSR count). The van der Waals surface area contributed by atoms with Crippen molar-refractivity contribution in [2.45, 2.75) is 12.8 Å². The molecule has 1 heterocycles. The number of rotatable bonds is 6. The normalized spacial score (nSPS) is 13.5. The van der Waals surface area contributed by atoms with E-state index >= 15 is 0 Å². The van der Waals surface area contributed by atoms with Gasteiger partial charge in [-0.15, -0.1) is 23.7 Å². The van der Waals surface area contributed by atoms with Gasteiger partial charge in [0.05, 0.1) is 12.1 Å². The minimum Gasteiger partial charge on any atom is -0.315 e. The standard InChI is InChI=1S/C15H17N3OS.ClH/c19-13(9-16-8-11-6-7-11)18-15-14(17-10-20-15)12-4-2-1-3-5-12;/h1-5,10-11,16H,6-9H2,(H,18,19);1H. The van der Waals surface area contributed by atoms with Gasteiger partial charge in [-0.1, -0.05) is 30.3 Å². The van der Waals surface area contributed by atoms with Crippen molar-refractivity contribution in [3.05, 3.63) is 35.8 Å². The highest BCUT2D eigenvalue weighted by Crippen LogP contribution is 2.30. The third-order valence-electron chi connectivity index (χ3n) is 3.28. The number of hydrogen-bond acceptors (Lipinski definition) is 4. The molecule has 1 amide bonds. The summed E-state index contributed by atoms with van der Waals surface area (Å²) in [6, 6.07) is 9.90. The Morgan fingerprint density at radius 2 is 2.05 bits per heavy atom. The zero-order chi connectivity index (χ0) is 13.8. The number of carbonyl (C=O) groups is 1. The van der Waals surface area contributed by atoms with Crippen molar-refractivity contribution >= 4 is 34.7 Å². The molecule has 1 aliphatic rings. The molecule has 1 fully saturated rings. The van der Waals surface area contributed by atoms with Crippen LogP contribution in [0.2, 0.25) is 0 Å². The maximum absolute atomic E-state index is 11.9. The molecule has 0 spiro atoms. The molecule has 0 radical (unpaired) electrons. The Balaban J connectivity index is 0.00000161. The summed E-state index contributed by atoms with van der Waals surface area (Å²) < 4.78 is 0. The number of nitrogens with one attached hydrogen (secondary N) is 2. The van der Waals surface area contributed by atoms with Gasteiger partial charge in [-0.25, -0.2) is 4.98 Å². The van der Waals surface area contributed by atoms with Crippen LogP contribution in [0.4, 0.5) is 5.00 Å². The second-order valence-corrected chi connectivity index (χ2v) is 5.87. The second-order valence-electron chi connectivity index (χ2n) is 5.02. The molecule has 6 heteroatoms. The fourth-order valence-corrected chi connectivity index (χ4v) is 2.74. The quantitative estimate of drug-likeness (QED) is 0.858. The van der Waals surface area contributed by atoms with Crippen LogP contribution in [0.5, 0.6) is 0 Å². The highest BCUT2D eigenvalue weighted by Gasteiger charge is 2.20. The zero-order valence-electron chi connectivity index (χ0n) is 11.5. The Bertz CT molecular complexity index is 584. The van der Waals surface area contributed by atoms with Crippen LogP contribution in [-0.2, 0) is 4.79 Å². The predicted molar refractivity (Wildman–Crippen MR) is 89.0 cm³/mol. The number of nitrogens with zero attached hydrogens (tertiary/aromatic N) is 1. The molecule has 1 aliphatic carbocycles. The second kappa shape index (κ2) is 7.54. The highest BCUT2D eigenvalue weighted by molar-refractivity contribution is 7.14. The molecular weight excluding hydrogens is 306 g/mol. The fraction of sp³-hybridized carbons (Fsp3) is 0.333. The van der Waals surface area contributed by atoms with Gasteiger partial charge in [0.2, 0.25) is 5.91 Å². The van der Waals surface area contributed by atoms with E-state index in [0.717, 1.165) is 28.7 Å². The smallest absolute Gasteiger partial charge is 0.238 e. The first kappa shape index (κ1) is 15.9. The molecule has 1 aromatic carbocycles. The van der Waals surface area contributed by atoms with E-state index in [4.69, 9.17) is 0 Å². The lowest BCUT2D eigenvalue weighted by Gasteiger charge is -2.06. The Morgan fingerprint density at radius 3 is 2.76 bits per heavy atom. The molecule has 1 saturated carbocycles. The summed E-state index contributed by atoms with van der Waals surface area (Å²) in [6.07, 6.45) is 2.59. The summed E-state index contributed by atoms with van der Waals surface area (Å²) in [7, 11) is 0. The molecule has 0 atom stereocenters. The maximum Gasteiger partial charge on any atom is 0.238 e. The van der Waals surface area contributed by atoms with E-state index in [0.29, 0.717) is 6.54 Å². The van der Waals surface area contributed by atoms with Gasteiger partial charge in [0.15, 0.2) is 0 Å². The molecule has 0 saturated heterocycles. The lowest BCUT2D eigenvalue weighted by molar-refractivity contribution is -0.115. The van der Waals surface area contributed by atoms with Crippen molar-refractivity contribution in [3.63, 3.8) is 0 Å². The third-order valence-corrected chi connectivity index (χ3v) is 4.03. The summed E-state index contributed by atoms with van der Waals surface area (Å²) in [5.74, 6) is 0.776. The van der Waals surface area contributed by atoms with Crippen molar-refractivity contribution in [1.29, 1.82) is 0 Å². The van der Waals surface area contributed by atoms with E-state index in [2.05, 4.69) is 15.6 Å². The van der Waals surface area contributed by atoms with Gasteiger partial charge in [0.1, 0.15) is 10.7 Å². The van der Waals surface area contributed by atoms with Gasteiger partial charge in [0, 0.05) is 5.56 Å². The molecular formula is C15H18ClN3OS. The average molecular weight is 324 g/mol. The number of anilines is 1. The van der Waals surface area contributed by atoms with Crippen molar-refractivity contribution < 1.29 is 4.79 Å². The van der Waals surface area contributed by atoms with Crippen molar-refractivity contribution in [3.8, 4) is 11.3 Å². The minimum absolute atomic E-state index is 0. The fourth-order valence-electron chi connectivity index (χ4n) is 2.02. The number of hydrogen-bond donors (Lipinski definition) is 2. The first-order valence-corrected chi connectivity index (χ1v) is 7.70. The Kier molecular flexibility index (Phi) is 5.73.